The molecular weight excluding hydrogens is 410 g/mol. The van der Waals surface area contributed by atoms with E-state index >= 15 is 0 Å². The van der Waals surface area contributed by atoms with Crippen molar-refractivity contribution in [2.24, 2.45) is 0 Å². The molecule has 0 aliphatic carbocycles. The Hall–Kier alpha value is -3.50. The summed E-state index contributed by atoms with van der Waals surface area (Å²) in [7, 11) is 1.62. The Bertz CT molecular complexity index is 1270. The highest BCUT2D eigenvalue weighted by Gasteiger charge is 2.18. The van der Waals surface area contributed by atoms with Crippen LogP contribution in [0.3, 0.4) is 0 Å². The van der Waals surface area contributed by atoms with Crippen molar-refractivity contribution < 1.29 is 13.9 Å². The Kier molecular flexibility index (Phi) is 5.83. The lowest BCUT2D eigenvalue weighted by molar-refractivity contribution is -0.111. The molecular formula is C26H22ClNO3. The second-order valence-electron chi connectivity index (χ2n) is 7.30. The maximum absolute atomic E-state index is 12.6. The summed E-state index contributed by atoms with van der Waals surface area (Å²) in [6.07, 6.45) is 3.32. The normalized spacial score (nSPS) is 11.5. The lowest BCUT2D eigenvalue weighted by Crippen LogP contribution is -2.08. The molecule has 31 heavy (non-hydrogen) atoms. The predicted octanol–water partition coefficient (Wildman–Crippen LogP) is 7.11. The number of methoxy groups -OCH3 is 1. The first-order chi connectivity index (χ1) is 15.0. The van der Waals surface area contributed by atoms with E-state index in [0.717, 1.165) is 44.5 Å². The van der Waals surface area contributed by atoms with Crippen molar-refractivity contribution in [2.75, 3.05) is 12.4 Å². The molecule has 3 aromatic carbocycles. The summed E-state index contributed by atoms with van der Waals surface area (Å²) in [6, 6.07) is 19.0. The van der Waals surface area contributed by atoms with Gasteiger partial charge in [-0.1, -0.05) is 41.9 Å². The van der Waals surface area contributed by atoms with E-state index in [-0.39, 0.29) is 5.91 Å². The summed E-state index contributed by atoms with van der Waals surface area (Å²) in [6.45, 7) is 3.85. The molecule has 0 unspecified atom stereocenters. The number of benzene rings is 3. The van der Waals surface area contributed by atoms with Gasteiger partial charge in [0.15, 0.2) is 0 Å². The zero-order chi connectivity index (χ0) is 22.0. The van der Waals surface area contributed by atoms with Crippen LogP contribution in [0.5, 0.6) is 5.75 Å². The summed E-state index contributed by atoms with van der Waals surface area (Å²) < 4.78 is 11.6. The number of hydrogen-bond donors (Lipinski definition) is 1. The average molecular weight is 432 g/mol. The number of anilines is 1. The minimum Gasteiger partial charge on any atom is -0.496 e. The average Bonchev–Trinajstić information content (AvgIpc) is 3.19. The quantitative estimate of drug-likeness (QED) is 0.342. The first-order valence-corrected chi connectivity index (χ1v) is 10.2. The number of nitrogens with one attached hydrogen (secondary N) is 1. The predicted molar refractivity (Wildman–Crippen MR) is 127 cm³/mol. The van der Waals surface area contributed by atoms with Gasteiger partial charge in [-0.15, -0.1) is 0 Å². The third kappa shape index (κ3) is 4.21. The van der Waals surface area contributed by atoms with Gasteiger partial charge in [0.2, 0.25) is 5.91 Å². The Morgan fingerprint density at radius 3 is 2.48 bits per heavy atom. The molecule has 1 N–H and O–H groups in total. The maximum Gasteiger partial charge on any atom is 0.248 e. The number of halogens is 1. The van der Waals surface area contributed by atoms with Gasteiger partial charge in [-0.3, -0.25) is 4.79 Å². The first kappa shape index (κ1) is 20.8. The standard InChI is InChI=1S/C26H22ClNO3/c1-16(13-24(29)28-20-7-5-4-6-8-20)21-14-22-23(18-9-11-19(27)12-10-18)15-31-26(22)17(2)25(21)30-3/h4-15H,1-3H3,(H,28,29)/b16-13+. The monoisotopic (exact) mass is 431 g/mol. The van der Waals surface area contributed by atoms with Crippen LogP contribution in [0, 0.1) is 6.92 Å². The van der Waals surface area contributed by atoms with E-state index in [9.17, 15) is 4.79 Å². The van der Waals surface area contributed by atoms with Crippen molar-refractivity contribution in [3.8, 4) is 16.9 Å². The summed E-state index contributed by atoms with van der Waals surface area (Å²) in [5.74, 6) is 0.486. The molecule has 4 rings (SSSR count). The lowest BCUT2D eigenvalue weighted by atomic mass is 9.96. The molecule has 156 valence electrons. The third-order valence-corrected chi connectivity index (χ3v) is 5.47. The zero-order valence-corrected chi connectivity index (χ0v) is 18.3. The number of carbonyl (C=O) groups is 1. The summed E-state index contributed by atoms with van der Waals surface area (Å²) >= 11 is 6.04. The highest BCUT2D eigenvalue weighted by Crippen LogP contribution is 2.40. The van der Waals surface area contributed by atoms with Crippen LogP contribution in [0.25, 0.3) is 27.7 Å². The SMILES string of the molecule is COc1c(/C(C)=C/C(=O)Nc2ccccc2)cc2c(-c3ccc(Cl)cc3)coc2c1C. The number of allylic oxidation sites excluding steroid dienone is 1. The molecule has 0 bridgehead atoms. The van der Waals surface area contributed by atoms with Crippen molar-refractivity contribution in [3.63, 3.8) is 0 Å². The van der Waals surface area contributed by atoms with Crippen LogP contribution in [0.2, 0.25) is 5.02 Å². The van der Waals surface area contributed by atoms with E-state index < -0.39 is 0 Å². The van der Waals surface area contributed by atoms with Crippen molar-refractivity contribution >= 4 is 39.7 Å². The number of aryl methyl sites for hydroxylation is 1. The molecule has 1 heterocycles. The van der Waals surface area contributed by atoms with E-state index in [4.69, 9.17) is 20.8 Å². The minimum absolute atomic E-state index is 0.200. The Morgan fingerprint density at radius 1 is 1.10 bits per heavy atom. The van der Waals surface area contributed by atoms with Crippen molar-refractivity contribution in [3.05, 3.63) is 89.2 Å². The van der Waals surface area contributed by atoms with Gasteiger partial charge in [-0.2, -0.15) is 0 Å². The van der Waals surface area contributed by atoms with E-state index in [1.807, 2.05) is 74.5 Å². The molecule has 0 spiro atoms. The second-order valence-corrected chi connectivity index (χ2v) is 7.73. The largest absolute Gasteiger partial charge is 0.496 e. The van der Waals surface area contributed by atoms with Gasteiger partial charge < -0.3 is 14.5 Å². The Balaban J connectivity index is 1.78. The fourth-order valence-corrected chi connectivity index (χ4v) is 3.82. The van der Waals surface area contributed by atoms with Gasteiger partial charge in [0.05, 0.1) is 13.4 Å². The number of para-hydroxylation sites is 1. The number of rotatable bonds is 5. The van der Waals surface area contributed by atoms with Gasteiger partial charge in [0, 0.05) is 38.9 Å². The van der Waals surface area contributed by atoms with Crippen LogP contribution in [0.1, 0.15) is 18.1 Å². The van der Waals surface area contributed by atoms with Gasteiger partial charge in [-0.05, 0) is 55.3 Å². The van der Waals surface area contributed by atoms with E-state index in [2.05, 4.69) is 5.32 Å². The number of hydrogen-bond acceptors (Lipinski definition) is 3. The lowest BCUT2D eigenvalue weighted by Gasteiger charge is -2.13. The van der Waals surface area contributed by atoms with Crippen LogP contribution >= 0.6 is 11.6 Å². The van der Waals surface area contributed by atoms with Crippen LogP contribution < -0.4 is 10.1 Å². The topological polar surface area (TPSA) is 51.5 Å². The van der Waals surface area contributed by atoms with Gasteiger partial charge in [-0.25, -0.2) is 0 Å². The molecule has 0 fully saturated rings. The number of fused-ring (bicyclic) bond motifs is 1. The van der Waals surface area contributed by atoms with Crippen molar-refractivity contribution in [2.45, 2.75) is 13.8 Å². The molecule has 1 amide bonds. The smallest absolute Gasteiger partial charge is 0.248 e. The number of ether oxygens (including phenoxy) is 1. The molecule has 0 radical (unpaired) electrons. The highest BCUT2D eigenvalue weighted by molar-refractivity contribution is 6.30. The van der Waals surface area contributed by atoms with Crippen molar-refractivity contribution in [1.29, 1.82) is 0 Å². The molecule has 5 heteroatoms. The highest BCUT2D eigenvalue weighted by atomic mass is 35.5. The molecule has 0 saturated carbocycles. The molecule has 0 aliphatic heterocycles. The van der Waals surface area contributed by atoms with Gasteiger partial charge in [0.25, 0.3) is 0 Å². The number of amides is 1. The van der Waals surface area contributed by atoms with Crippen LogP contribution in [0.4, 0.5) is 5.69 Å². The van der Waals surface area contributed by atoms with E-state index in [1.165, 1.54) is 0 Å². The molecule has 4 aromatic rings. The molecule has 0 atom stereocenters. The van der Waals surface area contributed by atoms with E-state index in [1.54, 1.807) is 19.4 Å². The van der Waals surface area contributed by atoms with Gasteiger partial charge >= 0.3 is 0 Å². The van der Waals surface area contributed by atoms with Gasteiger partial charge in [0.1, 0.15) is 11.3 Å². The number of carbonyl (C=O) groups excluding carboxylic acids is 1. The molecule has 0 saturated heterocycles. The minimum atomic E-state index is -0.200. The second kappa shape index (κ2) is 8.70. The van der Waals surface area contributed by atoms with Crippen molar-refractivity contribution in [1.82, 2.24) is 0 Å². The van der Waals surface area contributed by atoms with E-state index in [0.29, 0.717) is 10.8 Å². The third-order valence-electron chi connectivity index (χ3n) is 5.22. The molecule has 1 aromatic heterocycles. The summed E-state index contributed by atoms with van der Waals surface area (Å²) in [4.78, 5) is 12.6. The van der Waals surface area contributed by atoms with Crippen LogP contribution in [-0.2, 0) is 4.79 Å². The van der Waals surface area contributed by atoms with Crippen LogP contribution in [0.15, 0.2) is 77.4 Å². The Labute approximate surface area is 186 Å². The summed E-state index contributed by atoms with van der Waals surface area (Å²) in [5.41, 5.74) is 5.97. The fourth-order valence-electron chi connectivity index (χ4n) is 3.70. The van der Waals surface area contributed by atoms with Crippen LogP contribution in [-0.4, -0.2) is 13.0 Å². The zero-order valence-electron chi connectivity index (χ0n) is 17.5. The fraction of sp³-hybridized carbons (Fsp3) is 0.115. The first-order valence-electron chi connectivity index (χ1n) is 9.87. The molecule has 4 nitrogen and oxygen atoms in total. The summed E-state index contributed by atoms with van der Waals surface area (Å²) in [5, 5.41) is 4.51. The maximum atomic E-state index is 12.6. The number of furan rings is 1. The Morgan fingerprint density at radius 2 is 1.81 bits per heavy atom. The molecule has 0 aliphatic rings.